The second kappa shape index (κ2) is 7.69. The number of hydrogen-bond donors (Lipinski definition) is 1. The molecule has 0 aliphatic heterocycles. The number of ether oxygens (including phenoxy) is 1. The van der Waals surface area contributed by atoms with E-state index in [0.29, 0.717) is 24.8 Å². The van der Waals surface area contributed by atoms with E-state index >= 15 is 0 Å². The van der Waals surface area contributed by atoms with E-state index < -0.39 is 0 Å². The van der Waals surface area contributed by atoms with Gasteiger partial charge in [0.05, 0.1) is 6.61 Å². The molecular weight excluding hydrogens is 255 g/mol. The molecule has 0 aliphatic carbocycles. The molecule has 1 unspecified atom stereocenters. The van der Waals surface area contributed by atoms with Crippen molar-refractivity contribution >= 4 is 11.6 Å². The monoisotopic (exact) mass is 274 g/mol. The molecule has 102 valence electrons. The lowest BCUT2D eigenvalue weighted by Gasteiger charge is -2.27. The van der Waals surface area contributed by atoms with E-state index in [1.165, 1.54) is 12.1 Å². The molecule has 5 heteroatoms. The molecule has 0 heterocycles. The summed E-state index contributed by atoms with van der Waals surface area (Å²) in [5.41, 5.74) is 6.56. The van der Waals surface area contributed by atoms with E-state index in [4.69, 9.17) is 22.1 Å². The highest BCUT2D eigenvalue weighted by Gasteiger charge is 2.16. The van der Waals surface area contributed by atoms with Crippen molar-refractivity contribution in [1.29, 1.82) is 0 Å². The minimum absolute atomic E-state index is 0.0568. The lowest BCUT2D eigenvalue weighted by Crippen LogP contribution is -2.33. The first-order valence-corrected chi connectivity index (χ1v) is 6.40. The van der Waals surface area contributed by atoms with E-state index in [2.05, 4.69) is 0 Å². The fourth-order valence-electron chi connectivity index (χ4n) is 1.85. The van der Waals surface area contributed by atoms with E-state index in [1.54, 1.807) is 6.07 Å². The van der Waals surface area contributed by atoms with E-state index in [0.717, 1.165) is 12.1 Å². The Bertz CT molecular complexity index is 356. The maximum atomic E-state index is 13.3. The van der Waals surface area contributed by atoms with Crippen LogP contribution in [0.5, 0.6) is 0 Å². The quantitative estimate of drug-likeness (QED) is 0.776. The summed E-state index contributed by atoms with van der Waals surface area (Å²) < 4.78 is 18.6. The Balaban J connectivity index is 2.74. The van der Waals surface area contributed by atoms with Crippen LogP contribution in [0.2, 0.25) is 5.02 Å². The molecule has 0 aromatic heterocycles. The molecule has 0 bridgehead atoms. The van der Waals surface area contributed by atoms with Crippen LogP contribution in [0.3, 0.4) is 0 Å². The van der Waals surface area contributed by atoms with Crippen LogP contribution < -0.4 is 5.73 Å². The molecule has 1 aromatic carbocycles. The van der Waals surface area contributed by atoms with Gasteiger partial charge in [-0.2, -0.15) is 0 Å². The lowest BCUT2D eigenvalue weighted by atomic mass is 10.1. The van der Waals surface area contributed by atoms with Crippen LogP contribution in [0.15, 0.2) is 18.2 Å². The third-order valence-electron chi connectivity index (χ3n) is 2.82. The SMILES string of the molecule is CCOCCN(C)C(CN)c1cc(F)cc(Cl)c1. The zero-order chi connectivity index (χ0) is 13.5. The summed E-state index contributed by atoms with van der Waals surface area (Å²) in [7, 11) is 1.94. The number of benzene rings is 1. The Morgan fingerprint density at radius 2 is 2.17 bits per heavy atom. The van der Waals surface area contributed by atoms with Gasteiger partial charge in [0.2, 0.25) is 0 Å². The van der Waals surface area contributed by atoms with Crippen LogP contribution in [-0.2, 0) is 4.74 Å². The first kappa shape index (κ1) is 15.4. The minimum Gasteiger partial charge on any atom is -0.380 e. The molecule has 1 aromatic rings. The highest BCUT2D eigenvalue weighted by atomic mass is 35.5. The topological polar surface area (TPSA) is 38.5 Å². The molecule has 0 spiro atoms. The van der Waals surface area contributed by atoms with Gasteiger partial charge in [0, 0.05) is 30.8 Å². The van der Waals surface area contributed by atoms with Crippen LogP contribution in [0.25, 0.3) is 0 Å². The molecular formula is C13H20ClFN2O. The molecule has 0 saturated heterocycles. The van der Waals surface area contributed by atoms with Gasteiger partial charge in [0.25, 0.3) is 0 Å². The van der Waals surface area contributed by atoms with Gasteiger partial charge in [0.1, 0.15) is 5.82 Å². The second-order valence-corrected chi connectivity index (χ2v) is 4.57. The Kier molecular flexibility index (Phi) is 6.57. The van der Waals surface area contributed by atoms with Crippen molar-refractivity contribution in [3.05, 3.63) is 34.6 Å². The number of rotatable bonds is 7. The predicted octanol–water partition coefficient (Wildman–Crippen LogP) is 2.45. The van der Waals surface area contributed by atoms with Gasteiger partial charge in [-0.05, 0) is 37.7 Å². The van der Waals surface area contributed by atoms with Crippen molar-refractivity contribution in [2.75, 3.05) is 33.4 Å². The average molecular weight is 275 g/mol. The average Bonchev–Trinajstić information content (AvgIpc) is 2.29. The largest absolute Gasteiger partial charge is 0.380 e. The zero-order valence-electron chi connectivity index (χ0n) is 10.8. The summed E-state index contributed by atoms with van der Waals surface area (Å²) >= 11 is 5.86. The molecule has 0 fully saturated rings. The number of nitrogens with zero attached hydrogens (tertiary/aromatic N) is 1. The van der Waals surface area contributed by atoms with Crippen molar-refractivity contribution in [3.63, 3.8) is 0 Å². The van der Waals surface area contributed by atoms with Crippen LogP contribution in [0.1, 0.15) is 18.5 Å². The fourth-order valence-corrected chi connectivity index (χ4v) is 2.08. The smallest absolute Gasteiger partial charge is 0.125 e. The molecule has 1 rings (SSSR count). The van der Waals surface area contributed by atoms with Gasteiger partial charge in [-0.1, -0.05) is 11.6 Å². The summed E-state index contributed by atoms with van der Waals surface area (Å²) in [4.78, 5) is 2.04. The molecule has 3 nitrogen and oxygen atoms in total. The molecule has 0 aliphatic rings. The van der Waals surface area contributed by atoms with E-state index in [1.807, 2.05) is 18.9 Å². The van der Waals surface area contributed by atoms with Gasteiger partial charge in [-0.15, -0.1) is 0 Å². The molecule has 0 saturated carbocycles. The fraction of sp³-hybridized carbons (Fsp3) is 0.538. The molecule has 0 radical (unpaired) electrons. The molecule has 0 amide bonds. The number of likely N-dealkylation sites (N-methyl/N-ethyl adjacent to an activating group) is 1. The minimum atomic E-state index is -0.339. The summed E-state index contributed by atoms with van der Waals surface area (Å²) in [5.74, 6) is -0.339. The van der Waals surface area contributed by atoms with Gasteiger partial charge >= 0.3 is 0 Å². The molecule has 2 N–H and O–H groups in total. The number of hydrogen-bond acceptors (Lipinski definition) is 3. The Hall–Kier alpha value is -0.680. The lowest BCUT2D eigenvalue weighted by molar-refractivity contribution is 0.108. The Morgan fingerprint density at radius 3 is 2.72 bits per heavy atom. The maximum Gasteiger partial charge on any atom is 0.125 e. The van der Waals surface area contributed by atoms with Crippen molar-refractivity contribution in [2.45, 2.75) is 13.0 Å². The van der Waals surface area contributed by atoms with Gasteiger partial charge in [-0.25, -0.2) is 4.39 Å². The van der Waals surface area contributed by atoms with Gasteiger partial charge in [-0.3, -0.25) is 4.90 Å². The number of nitrogens with two attached hydrogens (primary N) is 1. The van der Waals surface area contributed by atoms with Gasteiger partial charge in [0.15, 0.2) is 0 Å². The highest BCUT2D eigenvalue weighted by Crippen LogP contribution is 2.23. The standard InChI is InChI=1S/C13H20ClFN2O/c1-3-18-5-4-17(2)13(9-16)10-6-11(14)8-12(15)7-10/h6-8,13H,3-5,9,16H2,1-2H3. The summed E-state index contributed by atoms with van der Waals surface area (Å²) in [6, 6.07) is 4.46. The second-order valence-electron chi connectivity index (χ2n) is 4.13. The van der Waals surface area contributed by atoms with Gasteiger partial charge < -0.3 is 10.5 Å². The summed E-state index contributed by atoms with van der Waals surface area (Å²) in [6.45, 7) is 4.42. The van der Waals surface area contributed by atoms with E-state index in [9.17, 15) is 4.39 Å². The Morgan fingerprint density at radius 1 is 1.44 bits per heavy atom. The molecule has 1 atom stereocenters. The first-order valence-electron chi connectivity index (χ1n) is 6.02. The third kappa shape index (κ3) is 4.53. The van der Waals surface area contributed by atoms with E-state index in [-0.39, 0.29) is 11.9 Å². The number of halogens is 2. The predicted molar refractivity (Wildman–Crippen MR) is 72.3 cm³/mol. The van der Waals surface area contributed by atoms with Crippen molar-refractivity contribution in [2.24, 2.45) is 5.73 Å². The summed E-state index contributed by atoms with van der Waals surface area (Å²) in [6.07, 6.45) is 0. The Labute approximate surface area is 113 Å². The van der Waals surface area contributed by atoms with Crippen LogP contribution >= 0.6 is 11.6 Å². The third-order valence-corrected chi connectivity index (χ3v) is 3.04. The van der Waals surface area contributed by atoms with Crippen molar-refractivity contribution in [3.8, 4) is 0 Å². The van der Waals surface area contributed by atoms with Crippen LogP contribution in [-0.4, -0.2) is 38.3 Å². The van der Waals surface area contributed by atoms with Crippen LogP contribution in [0.4, 0.5) is 4.39 Å². The van der Waals surface area contributed by atoms with Crippen LogP contribution in [0, 0.1) is 5.82 Å². The first-order chi connectivity index (χ1) is 8.58. The summed E-state index contributed by atoms with van der Waals surface area (Å²) in [5, 5.41) is 0.390. The normalized spacial score (nSPS) is 13.0. The van der Waals surface area contributed by atoms with Crippen molar-refractivity contribution < 1.29 is 9.13 Å². The maximum absolute atomic E-state index is 13.3. The highest BCUT2D eigenvalue weighted by molar-refractivity contribution is 6.30. The molecule has 18 heavy (non-hydrogen) atoms. The zero-order valence-corrected chi connectivity index (χ0v) is 11.6. The van der Waals surface area contributed by atoms with Crippen molar-refractivity contribution in [1.82, 2.24) is 4.90 Å².